The Bertz CT molecular complexity index is 530. The van der Waals surface area contributed by atoms with Crippen molar-refractivity contribution >= 4 is 28.9 Å². The largest absolute Gasteiger partial charge is 0.367 e. The lowest BCUT2D eigenvalue weighted by atomic mass is 10.2. The van der Waals surface area contributed by atoms with E-state index in [1.54, 1.807) is 17.9 Å². The van der Waals surface area contributed by atoms with E-state index < -0.39 is 11.0 Å². The number of carbonyl (C=O) groups excluding carboxylic acids is 1. The molecule has 108 valence electrons. The van der Waals surface area contributed by atoms with Crippen molar-refractivity contribution in [2.24, 2.45) is 0 Å². The van der Waals surface area contributed by atoms with E-state index in [0.717, 1.165) is 25.9 Å². The van der Waals surface area contributed by atoms with Crippen molar-refractivity contribution < 1.29 is 9.72 Å². The number of nitrogens with one attached hydrogen (secondary N) is 1. The lowest BCUT2D eigenvalue weighted by Crippen LogP contribution is -2.39. The van der Waals surface area contributed by atoms with Crippen LogP contribution in [0.5, 0.6) is 0 Å². The van der Waals surface area contributed by atoms with Crippen LogP contribution in [-0.2, 0) is 4.79 Å². The summed E-state index contributed by atoms with van der Waals surface area (Å²) in [7, 11) is 0. The molecule has 7 heteroatoms. The molecule has 0 radical (unpaired) electrons. The van der Waals surface area contributed by atoms with Gasteiger partial charge in [0, 0.05) is 19.2 Å². The average Bonchev–Trinajstić information content (AvgIpc) is 2.93. The van der Waals surface area contributed by atoms with Crippen molar-refractivity contribution in [3.8, 4) is 0 Å². The van der Waals surface area contributed by atoms with Crippen LogP contribution in [0.1, 0.15) is 19.8 Å². The molecule has 0 saturated carbocycles. The molecular weight excluding hydrogens is 282 g/mol. The van der Waals surface area contributed by atoms with E-state index in [2.05, 4.69) is 5.32 Å². The number of nitro groups is 1. The topological polar surface area (TPSA) is 75.5 Å². The molecule has 1 saturated heterocycles. The Hall–Kier alpha value is -1.82. The van der Waals surface area contributed by atoms with E-state index in [9.17, 15) is 14.9 Å². The minimum absolute atomic E-state index is 0.0586. The Morgan fingerprint density at radius 3 is 2.70 bits per heavy atom. The van der Waals surface area contributed by atoms with Gasteiger partial charge in [-0.1, -0.05) is 17.7 Å². The summed E-state index contributed by atoms with van der Waals surface area (Å²) in [6.07, 6.45) is 2.01. The van der Waals surface area contributed by atoms with E-state index in [-0.39, 0.29) is 22.3 Å². The summed E-state index contributed by atoms with van der Waals surface area (Å²) in [6.45, 7) is 3.18. The van der Waals surface area contributed by atoms with Gasteiger partial charge in [0.15, 0.2) is 0 Å². The zero-order chi connectivity index (χ0) is 14.7. The zero-order valence-corrected chi connectivity index (χ0v) is 11.9. The summed E-state index contributed by atoms with van der Waals surface area (Å²) >= 11 is 5.99. The molecule has 0 aliphatic carbocycles. The smallest absolute Gasteiger partial charge is 0.293 e. The predicted octanol–water partition coefficient (Wildman–Crippen LogP) is 2.67. The van der Waals surface area contributed by atoms with Crippen molar-refractivity contribution in [2.45, 2.75) is 25.8 Å². The molecule has 1 atom stereocenters. The van der Waals surface area contributed by atoms with E-state index in [1.165, 1.54) is 12.1 Å². The molecule has 1 aliphatic heterocycles. The minimum atomic E-state index is -0.549. The van der Waals surface area contributed by atoms with Crippen molar-refractivity contribution in [3.63, 3.8) is 0 Å². The SMILES string of the molecule is CC(Nc1c(Cl)cccc1[N+](=O)[O-])C(=O)N1CCCC1. The van der Waals surface area contributed by atoms with Crippen LogP contribution in [0.3, 0.4) is 0 Å². The van der Waals surface area contributed by atoms with Gasteiger partial charge >= 0.3 is 0 Å². The number of carbonyl (C=O) groups is 1. The summed E-state index contributed by atoms with van der Waals surface area (Å²) in [4.78, 5) is 24.4. The van der Waals surface area contributed by atoms with Crippen LogP contribution in [0, 0.1) is 10.1 Å². The number of amides is 1. The molecule has 0 bridgehead atoms. The Labute approximate surface area is 121 Å². The van der Waals surface area contributed by atoms with Crippen LogP contribution in [-0.4, -0.2) is 34.9 Å². The predicted molar refractivity (Wildman–Crippen MR) is 77.0 cm³/mol. The van der Waals surface area contributed by atoms with Crippen molar-refractivity contribution in [2.75, 3.05) is 18.4 Å². The van der Waals surface area contributed by atoms with Crippen LogP contribution >= 0.6 is 11.6 Å². The minimum Gasteiger partial charge on any atom is -0.367 e. The van der Waals surface area contributed by atoms with Gasteiger partial charge in [-0.3, -0.25) is 14.9 Å². The molecule has 1 heterocycles. The molecule has 20 heavy (non-hydrogen) atoms. The lowest BCUT2D eigenvalue weighted by Gasteiger charge is -2.22. The molecule has 1 fully saturated rings. The Kier molecular flexibility index (Phi) is 4.44. The van der Waals surface area contributed by atoms with Crippen LogP contribution in [0.25, 0.3) is 0 Å². The summed E-state index contributed by atoms with van der Waals surface area (Å²) in [5.41, 5.74) is 0.0674. The molecule has 1 unspecified atom stereocenters. The zero-order valence-electron chi connectivity index (χ0n) is 11.1. The van der Waals surface area contributed by atoms with Gasteiger partial charge in [-0.25, -0.2) is 0 Å². The highest BCUT2D eigenvalue weighted by molar-refractivity contribution is 6.33. The first-order valence-corrected chi connectivity index (χ1v) is 6.86. The Morgan fingerprint density at radius 1 is 1.45 bits per heavy atom. The normalized spacial score (nSPS) is 16.0. The monoisotopic (exact) mass is 297 g/mol. The van der Waals surface area contributed by atoms with Gasteiger partial charge < -0.3 is 10.2 Å². The highest BCUT2D eigenvalue weighted by Crippen LogP contribution is 2.32. The average molecular weight is 298 g/mol. The molecular formula is C13H16ClN3O3. The number of nitrogens with zero attached hydrogens (tertiary/aromatic N) is 2. The molecule has 0 spiro atoms. The molecule has 1 amide bonds. The molecule has 1 aromatic carbocycles. The Balaban J connectivity index is 2.16. The number of hydrogen-bond acceptors (Lipinski definition) is 4. The van der Waals surface area contributed by atoms with Gasteiger partial charge in [-0.2, -0.15) is 0 Å². The summed E-state index contributed by atoms with van der Waals surface area (Å²) < 4.78 is 0. The summed E-state index contributed by atoms with van der Waals surface area (Å²) in [5, 5.41) is 14.1. The number of hydrogen-bond donors (Lipinski definition) is 1. The van der Waals surface area contributed by atoms with Crippen molar-refractivity contribution in [3.05, 3.63) is 33.3 Å². The first kappa shape index (κ1) is 14.6. The number of benzene rings is 1. The second-order valence-corrected chi connectivity index (χ2v) is 5.20. The maximum Gasteiger partial charge on any atom is 0.293 e. The van der Waals surface area contributed by atoms with Crippen LogP contribution in [0.4, 0.5) is 11.4 Å². The van der Waals surface area contributed by atoms with Crippen LogP contribution in [0.2, 0.25) is 5.02 Å². The molecule has 6 nitrogen and oxygen atoms in total. The second kappa shape index (κ2) is 6.09. The maximum atomic E-state index is 12.2. The highest BCUT2D eigenvalue weighted by Gasteiger charge is 2.26. The second-order valence-electron chi connectivity index (χ2n) is 4.79. The third-order valence-corrected chi connectivity index (χ3v) is 3.65. The number of para-hydroxylation sites is 1. The van der Waals surface area contributed by atoms with Gasteiger partial charge in [-0.15, -0.1) is 0 Å². The van der Waals surface area contributed by atoms with Gasteiger partial charge in [0.2, 0.25) is 5.91 Å². The summed E-state index contributed by atoms with van der Waals surface area (Å²) in [5.74, 6) is -0.0586. The van der Waals surface area contributed by atoms with E-state index in [0.29, 0.717) is 0 Å². The van der Waals surface area contributed by atoms with Crippen molar-refractivity contribution in [1.82, 2.24) is 4.90 Å². The van der Waals surface area contributed by atoms with Crippen LogP contribution < -0.4 is 5.32 Å². The fraction of sp³-hybridized carbons (Fsp3) is 0.462. The van der Waals surface area contributed by atoms with Gasteiger partial charge in [0.05, 0.1) is 9.95 Å². The molecule has 0 aromatic heterocycles. The standard InChI is InChI=1S/C13H16ClN3O3/c1-9(13(18)16-7-2-3-8-16)15-12-10(14)5-4-6-11(12)17(19)20/h4-6,9,15H,2-3,7-8H2,1H3. The third kappa shape index (κ3) is 3.01. The van der Waals surface area contributed by atoms with Gasteiger partial charge in [-0.05, 0) is 25.8 Å². The first-order valence-electron chi connectivity index (χ1n) is 6.49. The third-order valence-electron chi connectivity index (χ3n) is 3.34. The van der Waals surface area contributed by atoms with Crippen molar-refractivity contribution in [1.29, 1.82) is 0 Å². The molecule has 1 N–H and O–H groups in total. The lowest BCUT2D eigenvalue weighted by molar-refractivity contribution is -0.384. The highest BCUT2D eigenvalue weighted by atomic mass is 35.5. The number of nitro benzene ring substituents is 1. The van der Waals surface area contributed by atoms with E-state index in [4.69, 9.17) is 11.6 Å². The number of anilines is 1. The fourth-order valence-corrected chi connectivity index (χ4v) is 2.52. The van der Waals surface area contributed by atoms with Gasteiger partial charge in [0.1, 0.15) is 11.7 Å². The quantitative estimate of drug-likeness (QED) is 0.685. The molecule has 1 aromatic rings. The fourth-order valence-electron chi connectivity index (χ4n) is 2.30. The first-order chi connectivity index (χ1) is 9.50. The van der Waals surface area contributed by atoms with Crippen LogP contribution in [0.15, 0.2) is 18.2 Å². The Morgan fingerprint density at radius 2 is 2.10 bits per heavy atom. The van der Waals surface area contributed by atoms with E-state index in [1.807, 2.05) is 0 Å². The number of likely N-dealkylation sites (tertiary alicyclic amines) is 1. The number of halogens is 1. The van der Waals surface area contributed by atoms with E-state index >= 15 is 0 Å². The molecule has 1 aliphatic rings. The van der Waals surface area contributed by atoms with Gasteiger partial charge in [0.25, 0.3) is 5.69 Å². The maximum absolute atomic E-state index is 12.2. The molecule has 2 rings (SSSR count). The summed E-state index contributed by atoms with van der Waals surface area (Å²) in [6, 6.07) is 3.88. The number of rotatable bonds is 4.